The lowest BCUT2D eigenvalue weighted by molar-refractivity contribution is 0.0944. The number of rotatable bonds is 2. The summed E-state index contributed by atoms with van der Waals surface area (Å²) in [6.07, 6.45) is 0.785. The molecule has 3 aromatic rings. The van der Waals surface area contributed by atoms with Crippen molar-refractivity contribution in [3.8, 4) is 0 Å². The number of aromatic amines is 1. The summed E-state index contributed by atoms with van der Waals surface area (Å²) in [6.45, 7) is 0.632. The van der Waals surface area contributed by atoms with Crippen LogP contribution in [0, 0.1) is 0 Å². The second-order valence-electron chi connectivity index (χ2n) is 6.05. The van der Waals surface area contributed by atoms with E-state index < -0.39 is 0 Å². The van der Waals surface area contributed by atoms with Crippen LogP contribution in [0.15, 0.2) is 41.2 Å². The van der Waals surface area contributed by atoms with E-state index in [0.29, 0.717) is 28.9 Å². The van der Waals surface area contributed by atoms with E-state index in [-0.39, 0.29) is 17.5 Å². The summed E-state index contributed by atoms with van der Waals surface area (Å²) in [7, 11) is 1.67. The standard InChI is InChI=1S/C18H16N4O3/c1-22-15-5-3-11(8-14(15)21-18(22)25)16(23)20-12-4-2-10-6-7-19-17(24)13(10)9-12/h2-5,8-9H,6-7H2,1H3,(H,19,24)(H,20,23)(H,21,25). The van der Waals surface area contributed by atoms with Crippen LogP contribution in [0.3, 0.4) is 0 Å². The molecule has 0 saturated carbocycles. The maximum atomic E-state index is 12.5. The van der Waals surface area contributed by atoms with Gasteiger partial charge in [0.05, 0.1) is 11.0 Å². The second-order valence-corrected chi connectivity index (χ2v) is 6.05. The van der Waals surface area contributed by atoms with Gasteiger partial charge < -0.3 is 15.6 Å². The van der Waals surface area contributed by atoms with Gasteiger partial charge in [0.25, 0.3) is 11.8 Å². The average molecular weight is 336 g/mol. The largest absolute Gasteiger partial charge is 0.352 e. The van der Waals surface area contributed by atoms with Gasteiger partial charge in [0.2, 0.25) is 0 Å². The van der Waals surface area contributed by atoms with E-state index >= 15 is 0 Å². The molecule has 0 atom stereocenters. The fourth-order valence-electron chi connectivity index (χ4n) is 3.07. The highest BCUT2D eigenvalue weighted by Crippen LogP contribution is 2.20. The fraction of sp³-hybridized carbons (Fsp3) is 0.167. The number of carbonyl (C=O) groups excluding carboxylic acids is 2. The summed E-state index contributed by atoms with van der Waals surface area (Å²) in [5.41, 5.74) is 3.65. The number of carbonyl (C=O) groups is 2. The van der Waals surface area contributed by atoms with Crippen LogP contribution in [0.5, 0.6) is 0 Å². The molecule has 2 amide bonds. The van der Waals surface area contributed by atoms with Crippen molar-refractivity contribution in [1.82, 2.24) is 14.9 Å². The van der Waals surface area contributed by atoms with Crippen molar-refractivity contribution in [1.29, 1.82) is 0 Å². The van der Waals surface area contributed by atoms with Gasteiger partial charge in [-0.25, -0.2) is 4.79 Å². The van der Waals surface area contributed by atoms with Crippen molar-refractivity contribution in [2.75, 3.05) is 11.9 Å². The van der Waals surface area contributed by atoms with Crippen LogP contribution in [-0.4, -0.2) is 27.9 Å². The molecule has 2 aromatic carbocycles. The summed E-state index contributed by atoms with van der Waals surface area (Å²) in [5.74, 6) is -0.427. The molecule has 7 heteroatoms. The Bertz CT molecular complexity index is 1080. The number of aromatic nitrogens is 2. The third-order valence-corrected chi connectivity index (χ3v) is 4.46. The molecule has 4 rings (SSSR count). The van der Waals surface area contributed by atoms with Crippen LogP contribution in [0.1, 0.15) is 26.3 Å². The molecule has 0 aliphatic carbocycles. The predicted molar refractivity (Wildman–Crippen MR) is 94.0 cm³/mol. The number of benzene rings is 2. The smallest absolute Gasteiger partial charge is 0.326 e. The Hall–Kier alpha value is -3.35. The molecule has 0 unspecified atom stereocenters. The first-order chi connectivity index (χ1) is 12.0. The number of hydrogen-bond acceptors (Lipinski definition) is 3. The summed E-state index contributed by atoms with van der Waals surface area (Å²) >= 11 is 0. The Kier molecular flexibility index (Phi) is 3.42. The number of imidazole rings is 1. The molecule has 2 heterocycles. The van der Waals surface area contributed by atoms with E-state index in [2.05, 4.69) is 15.6 Å². The summed E-state index contributed by atoms with van der Waals surface area (Å²) in [4.78, 5) is 38.8. The fourth-order valence-corrected chi connectivity index (χ4v) is 3.07. The Labute approximate surface area is 142 Å². The van der Waals surface area contributed by atoms with E-state index in [9.17, 15) is 14.4 Å². The maximum Gasteiger partial charge on any atom is 0.326 e. The number of H-pyrrole nitrogens is 1. The first-order valence-electron chi connectivity index (χ1n) is 7.94. The number of aryl methyl sites for hydroxylation is 1. The minimum absolute atomic E-state index is 0.124. The Morgan fingerprint density at radius 1 is 1.16 bits per heavy atom. The molecule has 0 bridgehead atoms. The Balaban J connectivity index is 1.63. The minimum atomic E-state index is -0.303. The molecular weight excluding hydrogens is 320 g/mol. The van der Waals surface area contributed by atoms with Gasteiger partial charge in [-0.15, -0.1) is 0 Å². The van der Waals surface area contributed by atoms with Crippen molar-refractivity contribution >= 4 is 28.5 Å². The Morgan fingerprint density at radius 3 is 2.84 bits per heavy atom. The molecular formula is C18H16N4O3. The molecule has 0 fully saturated rings. The summed E-state index contributed by atoms with van der Waals surface area (Å²) in [5, 5.41) is 5.59. The van der Waals surface area contributed by atoms with E-state index in [1.165, 1.54) is 4.57 Å². The highest BCUT2D eigenvalue weighted by Gasteiger charge is 2.17. The van der Waals surface area contributed by atoms with Gasteiger partial charge in [0.15, 0.2) is 0 Å². The van der Waals surface area contributed by atoms with E-state index in [4.69, 9.17) is 0 Å². The van der Waals surface area contributed by atoms with Crippen LogP contribution in [0.4, 0.5) is 5.69 Å². The van der Waals surface area contributed by atoms with Crippen LogP contribution in [0.25, 0.3) is 11.0 Å². The van der Waals surface area contributed by atoms with Crippen molar-refractivity contribution in [2.45, 2.75) is 6.42 Å². The third-order valence-electron chi connectivity index (χ3n) is 4.46. The monoisotopic (exact) mass is 336 g/mol. The minimum Gasteiger partial charge on any atom is -0.352 e. The van der Waals surface area contributed by atoms with Crippen molar-refractivity contribution in [2.24, 2.45) is 7.05 Å². The van der Waals surface area contributed by atoms with Gasteiger partial charge >= 0.3 is 5.69 Å². The number of hydrogen-bond donors (Lipinski definition) is 3. The van der Waals surface area contributed by atoms with E-state index in [1.807, 2.05) is 6.07 Å². The van der Waals surface area contributed by atoms with Gasteiger partial charge in [-0.05, 0) is 42.3 Å². The molecule has 1 aromatic heterocycles. The lowest BCUT2D eigenvalue weighted by atomic mass is 10.00. The van der Waals surface area contributed by atoms with Crippen LogP contribution in [0.2, 0.25) is 0 Å². The highest BCUT2D eigenvalue weighted by atomic mass is 16.2. The molecule has 126 valence electrons. The second kappa shape index (κ2) is 5.62. The number of nitrogens with zero attached hydrogens (tertiary/aromatic N) is 1. The number of amides is 2. The predicted octanol–water partition coefficient (Wildman–Crippen LogP) is 1.40. The lowest BCUT2D eigenvalue weighted by Crippen LogP contribution is -2.31. The van der Waals surface area contributed by atoms with E-state index in [1.54, 1.807) is 37.4 Å². The van der Waals surface area contributed by atoms with Crippen molar-refractivity contribution in [3.63, 3.8) is 0 Å². The molecule has 1 aliphatic heterocycles. The van der Waals surface area contributed by atoms with Crippen molar-refractivity contribution in [3.05, 3.63) is 63.6 Å². The number of anilines is 1. The SMILES string of the molecule is Cn1c(=O)[nH]c2cc(C(=O)Nc3ccc4c(c3)C(=O)NCC4)ccc21. The molecule has 1 aliphatic rings. The topological polar surface area (TPSA) is 96.0 Å². The normalized spacial score (nSPS) is 13.4. The lowest BCUT2D eigenvalue weighted by Gasteiger charge is -2.17. The Morgan fingerprint density at radius 2 is 2.00 bits per heavy atom. The summed E-state index contributed by atoms with van der Waals surface area (Å²) in [6, 6.07) is 10.4. The maximum absolute atomic E-state index is 12.5. The molecule has 0 saturated heterocycles. The molecule has 0 radical (unpaired) electrons. The molecule has 0 spiro atoms. The van der Waals surface area contributed by atoms with Gasteiger partial charge in [-0.3, -0.25) is 14.2 Å². The van der Waals surface area contributed by atoms with Crippen molar-refractivity contribution < 1.29 is 9.59 Å². The van der Waals surface area contributed by atoms with Crippen LogP contribution >= 0.6 is 0 Å². The molecule has 25 heavy (non-hydrogen) atoms. The number of nitrogens with one attached hydrogen (secondary N) is 3. The zero-order valence-corrected chi connectivity index (χ0v) is 13.6. The van der Waals surface area contributed by atoms with Gasteiger partial charge in [-0.1, -0.05) is 6.07 Å². The molecule has 3 N–H and O–H groups in total. The summed E-state index contributed by atoms with van der Waals surface area (Å²) < 4.78 is 1.49. The highest BCUT2D eigenvalue weighted by molar-refractivity contribution is 6.06. The molecule has 7 nitrogen and oxygen atoms in total. The van der Waals surface area contributed by atoms with Crippen LogP contribution < -0.4 is 16.3 Å². The van der Waals surface area contributed by atoms with Gasteiger partial charge in [0, 0.05) is 30.4 Å². The number of fused-ring (bicyclic) bond motifs is 2. The van der Waals surface area contributed by atoms with E-state index in [0.717, 1.165) is 17.5 Å². The third kappa shape index (κ3) is 2.59. The average Bonchev–Trinajstić information content (AvgIpc) is 2.89. The van der Waals surface area contributed by atoms with Crippen LogP contribution in [-0.2, 0) is 13.5 Å². The zero-order chi connectivity index (χ0) is 17.6. The van der Waals surface area contributed by atoms with Gasteiger partial charge in [0.1, 0.15) is 0 Å². The first-order valence-corrected chi connectivity index (χ1v) is 7.94. The first kappa shape index (κ1) is 15.2. The van der Waals surface area contributed by atoms with Gasteiger partial charge in [-0.2, -0.15) is 0 Å². The quantitative estimate of drug-likeness (QED) is 0.660. The zero-order valence-electron chi connectivity index (χ0n) is 13.6.